The first-order valence-corrected chi connectivity index (χ1v) is 9.87. The highest BCUT2D eigenvalue weighted by Crippen LogP contribution is 2.38. The van der Waals surface area contributed by atoms with Gasteiger partial charge in [-0.15, -0.1) is 0 Å². The first-order valence-electron chi connectivity index (χ1n) is 7.97. The lowest BCUT2D eigenvalue weighted by Gasteiger charge is -2.32. The zero-order chi connectivity index (χ0) is 17.8. The monoisotopic (exact) mass is 354 g/mol. The normalized spacial score (nSPS) is 22.5. The van der Waals surface area contributed by atoms with Gasteiger partial charge in [-0.1, -0.05) is 0 Å². The Morgan fingerprint density at radius 2 is 1.83 bits per heavy atom. The molecule has 0 radical (unpaired) electrons. The zero-order valence-electron chi connectivity index (χ0n) is 14.6. The van der Waals surface area contributed by atoms with Gasteiger partial charge in [-0.05, 0) is 40.5 Å². The lowest BCUT2D eigenvalue weighted by Crippen LogP contribution is -2.41. The topological polar surface area (TPSA) is 86.8 Å². The predicted molar refractivity (Wildman–Crippen MR) is 92.1 cm³/mol. The lowest BCUT2D eigenvalue weighted by atomic mass is 9.82. The van der Waals surface area contributed by atoms with E-state index in [0.29, 0.717) is 11.3 Å². The number of anilines is 1. The summed E-state index contributed by atoms with van der Waals surface area (Å²) in [6, 6.07) is 1.65. The fourth-order valence-corrected chi connectivity index (χ4v) is 2.92. The number of hydrogen-bond donors (Lipinski definition) is 1. The van der Waals surface area contributed by atoms with E-state index in [1.54, 1.807) is 12.3 Å². The number of rotatable bonds is 5. The predicted octanol–water partition coefficient (Wildman–Crippen LogP) is 1.29. The SMILES string of the molecule is CC1(C)OB(c2nccc(OC3CC3)c2NS(C)(=O)=O)OC1(C)C. The van der Waals surface area contributed by atoms with Crippen molar-refractivity contribution in [2.45, 2.75) is 57.8 Å². The standard InChI is InChI=1S/C15H23BN2O5S/c1-14(2)15(3,4)23-16(22-14)13-12(18-24(5,19)20)11(8-9-17-13)21-10-6-7-10/h8-10,18H,6-7H2,1-5H3. The lowest BCUT2D eigenvalue weighted by molar-refractivity contribution is 0.00578. The van der Waals surface area contributed by atoms with Gasteiger partial charge < -0.3 is 14.0 Å². The molecule has 2 heterocycles. The van der Waals surface area contributed by atoms with Crippen LogP contribution < -0.4 is 15.1 Å². The molecule has 3 rings (SSSR count). The van der Waals surface area contributed by atoms with Gasteiger partial charge in [0.05, 0.1) is 29.2 Å². The molecule has 7 nitrogen and oxygen atoms in total. The molecule has 1 aromatic heterocycles. The summed E-state index contributed by atoms with van der Waals surface area (Å²) in [7, 11) is -4.28. The fraction of sp³-hybridized carbons (Fsp3) is 0.667. The second-order valence-corrected chi connectivity index (χ2v) is 9.10. The highest BCUT2D eigenvalue weighted by Gasteiger charge is 2.53. The van der Waals surface area contributed by atoms with Crippen LogP contribution in [0.4, 0.5) is 5.69 Å². The second kappa shape index (κ2) is 5.61. The molecular weight excluding hydrogens is 331 g/mol. The maximum atomic E-state index is 11.8. The number of pyridine rings is 1. The van der Waals surface area contributed by atoms with Crippen LogP contribution in [0.2, 0.25) is 0 Å². The van der Waals surface area contributed by atoms with E-state index in [2.05, 4.69) is 9.71 Å². The first-order chi connectivity index (χ1) is 11.0. The van der Waals surface area contributed by atoms with E-state index < -0.39 is 28.3 Å². The molecule has 1 aliphatic heterocycles. The number of nitrogens with one attached hydrogen (secondary N) is 1. The quantitative estimate of drug-likeness (QED) is 0.802. The molecule has 132 valence electrons. The van der Waals surface area contributed by atoms with E-state index in [1.807, 2.05) is 27.7 Å². The van der Waals surface area contributed by atoms with Crippen LogP contribution in [-0.4, -0.2) is 44.1 Å². The highest BCUT2D eigenvalue weighted by atomic mass is 32.2. The largest absolute Gasteiger partial charge is 0.516 e. The summed E-state index contributed by atoms with van der Waals surface area (Å²) in [6.45, 7) is 7.73. The third kappa shape index (κ3) is 3.53. The van der Waals surface area contributed by atoms with Gasteiger partial charge in [0.25, 0.3) is 0 Å². The highest BCUT2D eigenvalue weighted by molar-refractivity contribution is 7.92. The average molecular weight is 354 g/mol. The van der Waals surface area contributed by atoms with E-state index in [1.165, 1.54) is 0 Å². The molecule has 1 aliphatic carbocycles. The van der Waals surface area contributed by atoms with Gasteiger partial charge in [-0.3, -0.25) is 9.71 Å². The van der Waals surface area contributed by atoms with Crippen molar-refractivity contribution in [3.05, 3.63) is 12.3 Å². The van der Waals surface area contributed by atoms with Crippen LogP contribution in [0.25, 0.3) is 0 Å². The van der Waals surface area contributed by atoms with Gasteiger partial charge in [-0.25, -0.2) is 8.42 Å². The summed E-state index contributed by atoms with van der Waals surface area (Å²) in [5.74, 6) is 0.447. The first kappa shape index (κ1) is 17.5. The Morgan fingerprint density at radius 1 is 1.25 bits per heavy atom. The number of nitrogens with zero attached hydrogens (tertiary/aromatic N) is 1. The summed E-state index contributed by atoms with van der Waals surface area (Å²) in [5.41, 5.74) is -0.438. The van der Waals surface area contributed by atoms with Crippen LogP contribution >= 0.6 is 0 Å². The molecular formula is C15H23BN2O5S. The second-order valence-electron chi connectivity index (χ2n) is 7.35. The van der Waals surface area contributed by atoms with Crippen molar-refractivity contribution in [2.75, 3.05) is 11.0 Å². The van der Waals surface area contributed by atoms with Crippen LogP contribution in [0.15, 0.2) is 12.3 Å². The van der Waals surface area contributed by atoms with Crippen molar-refractivity contribution in [3.63, 3.8) is 0 Å². The van der Waals surface area contributed by atoms with Gasteiger partial charge in [0, 0.05) is 12.3 Å². The summed E-state index contributed by atoms with van der Waals surface area (Å²) >= 11 is 0. The Kier molecular flexibility index (Phi) is 4.09. The molecule has 0 aromatic carbocycles. The molecule has 2 aliphatic rings. The molecule has 0 unspecified atom stereocenters. The molecule has 0 atom stereocenters. The zero-order valence-corrected chi connectivity index (χ0v) is 15.4. The Balaban J connectivity index is 2.00. The van der Waals surface area contributed by atoms with E-state index >= 15 is 0 Å². The maximum Gasteiger partial charge on any atom is 0.516 e. The molecule has 0 spiro atoms. The molecule has 0 amide bonds. The molecule has 1 aromatic rings. The van der Waals surface area contributed by atoms with Gasteiger partial charge in [-0.2, -0.15) is 0 Å². The van der Waals surface area contributed by atoms with Gasteiger partial charge >= 0.3 is 7.12 Å². The smallest absolute Gasteiger partial charge is 0.488 e. The minimum atomic E-state index is -3.51. The number of ether oxygens (including phenoxy) is 1. The van der Waals surface area contributed by atoms with Crippen LogP contribution in [0.1, 0.15) is 40.5 Å². The van der Waals surface area contributed by atoms with Gasteiger partial charge in [0.2, 0.25) is 10.0 Å². The summed E-state index contributed by atoms with van der Waals surface area (Å²) in [4.78, 5) is 4.31. The fourth-order valence-electron chi connectivity index (χ4n) is 2.34. The molecule has 2 fully saturated rings. The van der Waals surface area contributed by atoms with E-state index in [0.717, 1.165) is 19.1 Å². The number of hydrogen-bond acceptors (Lipinski definition) is 6. The van der Waals surface area contributed by atoms with Crippen molar-refractivity contribution in [2.24, 2.45) is 0 Å². The Morgan fingerprint density at radius 3 is 2.33 bits per heavy atom. The number of aromatic nitrogens is 1. The van der Waals surface area contributed by atoms with E-state index in [-0.39, 0.29) is 11.8 Å². The molecule has 1 saturated heterocycles. The Hall–Kier alpha value is -1.32. The Labute approximate surface area is 143 Å². The Bertz CT molecular complexity index is 730. The average Bonchev–Trinajstić information content (AvgIpc) is 3.17. The van der Waals surface area contributed by atoms with Crippen LogP contribution in [0, 0.1) is 0 Å². The summed E-state index contributed by atoms with van der Waals surface area (Å²) < 4.78 is 43.9. The van der Waals surface area contributed by atoms with E-state index in [4.69, 9.17) is 14.0 Å². The summed E-state index contributed by atoms with van der Waals surface area (Å²) in [6.07, 6.45) is 4.72. The molecule has 1 saturated carbocycles. The minimum absolute atomic E-state index is 0.124. The third-order valence-electron chi connectivity index (χ3n) is 4.52. The van der Waals surface area contributed by atoms with Crippen molar-refractivity contribution < 1.29 is 22.5 Å². The van der Waals surface area contributed by atoms with Gasteiger partial charge in [0.15, 0.2) is 0 Å². The maximum absolute atomic E-state index is 11.8. The minimum Gasteiger partial charge on any atom is -0.488 e. The number of sulfonamides is 1. The molecule has 24 heavy (non-hydrogen) atoms. The van der Waals surface area contributed by atoms with Gasteiger partial charge in [0.1, 0.15) is 11.4 Å². The van der Waals surface area contributed by atoms with E-state index in [9.17, 15) is 8.42 Å². The van der Waals surface area contributed by atoms with Crippen molar-refractivity contribution >= 4 is 28.4 Å². The van der Waals surface area contributed by atoms with Crippen molar-refractivity contribution in [1.29, 1.82) is 0 Å². The molecule has 0 bridgehead atoms. The van der Waals surface area contributed by atoms with Crippen molar-refractivity contribution in [3.8, 4) is 5.75 Å². The van der Waals surface area contributed by atoms with Crippen LogP contribution in [0.3, 0.4) is 0 Å². The molecule has 9 heteroatoms. The third-order valence-corrected chi connectivity index (χ3v) is 5.10. The van der Waals surface area contributed by atoms with Crippen LogP contribution in [-0.2, 0) is 19.3 Å². The summed E-state index contributed by atoms with van der Waals surface area (Å²) in [5, 5.41) is 0. The molecule has 1 N–H and O–H groups in total. The van der Waals surface area contributed by atoms with Crippen molar-refractivity contribution in [1.82, 2.24) is 4.98 Å². The van der Waals surface area contributed by atoms with Crippen LogP contribution in [0.5, 0.6) is 5.75 Å².